The maximum absolute atomic E-state index is 12.1. The Bertz CT molecular complexity index is 1380. The average molecular weight is 837 g/mol. The molecule has 0 bridgehead atoms. The van der Waals surface area contributed by atoms with Crippen LogP contribution in [0.5, 0.6) is 0 Å². The van der Waals surface area contributed by atoms with Crippen LogP contribution in [0.3, 0.4) is 0 Å². The molecule has 6 fully saturated rings. The summed E-state index contributed by atoms with van der Waals surface area (Å²) in [5.41, 5.74) is -5.70. The lowest BCUT2D eigenvalue weighted by Gasteiger charge is -2.59. The largest absolute Gasteiger partial charge is 0.523 e. The Balaban J connectivity index is 0.000000201. The van der Waals surface area contributed by atoms with Crippen molar-refractivity contribution in [1.29, 1.82) is 0 Å². The van der Waals surface area contributed by atoms with E-state index in [2.05, 4.69) is 14.8 Å². The highest BCUT2D eigenvalue weighted by molar-refractivity contribution is 7.87. The van der Waals surface area contributed by atoms with Crippen LogP contribution >= 0.6 is 0 Å². The number of nitrogens with one attached hydrogen (secondary N) is 2. The van der Waals surface area contributed by atoms with Crippen molar-refractivity contribution >= 4 is 22.3 Å². The minimum atomic E-state index is -5.87. The van der Waals surface area contributed by atoms with E-state index in [9.17, 15) is 57.5 Å². The van der Waals surface area contributed by atoms with Crippen molar-refractivity contribution in [1.82, 2.24) is 30.2 Å². The number of rotatable bonds is 7. The fraction of sp³-hybridized carbons (Fsp3) is 0.938. The van der Waals surface area contributed by atoms with Crippen molar-refractivity contribution in [2.75, 3.05) is 98.2 Å². The zero-order valence-electron chi connectivity index (χ0n) is 31.8. The summed E-state index contributed by atoms with van der Waals surface area (Å²) in [7, 11) is -5.87. The van der Waals surface area contributed by atoms with E-state index in [0.717, 1.165) is 52.4 Å². The Morgan fingerprint density at radius 3 is 1.20 bits per heavy atom. The summed E-state index contributed by atoms with van der Waals surface area (Å²) in [6.07, 6.45) is -8.18. The minimum Gasteiger partial charge on any atom is -0.444 e. The van der Waals surface area contributed by atoms with Crippen LogP contribution in [-0.2, 0) is 23.8 Å². The monoisotopic (exact) mass is 836 g/mol. The number of hydrogen-bond donors (Lipinski definition) is 2. The molecule has 13 nitrogen and oxygen atoms in total. The highest BCUT2D eigenvalue weighted by atomic mass is 32.2. The molecule has 6 rings (SSSR count). The molecule has 2 N–H and O–H groups in total. The molecule has 0 atom stereocenters. The summed E-state index contributed by atoms with van der Waals surface area (Å²) in [6.45, 7) is 19.3. The molecule has 0 radical (unpaired) electrons. The van der Waals surface area contributed by atoms with E-state index >= 15 is 0 Å². The molecule has 0 aromatic carbocycles. The zero-order valence-corrected chi connectivity index (χ0v) is 32.6. The molecule has 0 saturated carbocycles. The normalized spacial score (nSPS) is 22.4. The third-order valence-electron chi connectivity index (χ3n) is 9.07. The quantitative estimate of drug-likeness (QED) is 0.220. The van der Waals surface area contributed by atoms with E-state index in [-0.39, 0.29) is 36.3 Å². The van der Waals surface area contributed by atoms with Gasteiger partial charge in [0.15, 0.2) is 0 Å². The predicted molar refractivity (Wildman–Crippen MR) is 180 cm³/mol. The van der Waals surface area contributed by atoms with Crippen molar-refractivity contribution in [3.05, 3.63) is 0 Å². The molecule has 322 valence electrons. The zero-order chi connectivity index (χ0) is 41.8. The molecule has 0 aromatic heterocycles. The van der Waals surface area contributed by atoms with Crippen LogP contribution in [-0.4, -0.2) is 174 Å². The predicted octanol–water partition coefficient (Wildman–Crippen LogP) is 3.91. The Morgan fingerprint density at radius 1 is 0.600 bits per heavy atom. The third kappa shape index (κ3) is 14.2. The number of amides is 2. The maximum atomic E-state index is 12.1. The van der Waals surface area contributed by atoms with Crippen LogP contribution in [0.4, 0.5) is 49.1 Å². The van der Waals surface area contributed by atoms with Crippen LogP contribution in [0.15, 0.2) is 0 Å². The number of nitrogens with zero attached hydrogens (tertiary/aromatic N) is 4. The van der Waals surface area contributed by atoms with Crippen molar-refractivity contribution in [3.8, 4) is 0 Å². The summed E-state index contributed by atoms with van der Waals surface area (Å²) < 4.78 is 138. The van der Waals surface area contributed by atoms with E-state index in [1.807, 2.05) is 46.4 Å². The molecule has 6 aliphatic heterocycles. The molecule has 0 aliphatic carbocycles. The van der Waals surface area contributed by atoms with E-state index in [0.29, 0.717) is 37.0 Å². The van der Waals surface area contributed by atoms with Gasteiger partial charge in [-0.3, -0.25) is 14.0 Å². The van der Waals surface area contributed by atoms with Gasteiger partial charge in [0, 0.05) is 94.8 Å². The van der Waals surface area contributed by atoms with Gasteiger partial charge >= 0.3 is 27.8 Å². The number of carbonyl (C=O) groups excluding carboxylic acids is 2. The SMILES string of the molecule is CC(C)(C)OC(=O)N1CC2(CN(CC(F)F)C2)C1.CC(C)(C)OC(=O)N1CC2(CNC2)C1.FC(F)CN1CC2(CNC2)C1.O=S(=O)(OCC(F)F)C(F)(F)F. The lowest BCUT2D eigenvalue weighted by Crippen LogP contribution is -2.73. The van der Waals surface area contributed by atoms with Crippen molar-refractivity contribution < 1.29 is 71.2 Å². The highest BCUT2D eigenvalue weighted by Crippen LogP contribution is 2.40. The molecule has 2 amide bonds. The van der Waals surface area contributed by atoms with Crippen molar-refractivity contribution in [2.45, 2.75) is 77.5 Å². The second kappa shape index (κ2) is 17.7. The number of hydrogen-bond acceptors (Lipinski definition) is 11. The fourth-order valence-electron chi connectivity index (χ4n) is 6.70. The molecule has 23 heteroatoms. The number of carbonyl (C=O) groups is 2. The van der Waals surface area contributed by atoms with Gasteiger partial charge in [0.25, 0.3) is 19.3 Å². The number of ether oxygens (including phenoxy) is 2. The Morgan fingerprint density at radius 2 is 0.927 bits per heavy atom. The van der Waals surface area contributed by atoms with Crippen LogP contribution in [0.2, 0.25) is 0 Å². The summed E-state index contributed by atoms with van der Waals surface area (Å²) >= 11 is 0. The fourth-order valence-corrected chi connectivity index (χ4v) is 7.12. The topological polar surface area (TPSA) is 133 Å². The van der Waals surface area contributed by atoms with Crippen LogP contribution < -0.4 is 10.6 Å². The average Bonchev–Trinajstić information content (AvgIpc) is 2.85. The summed E-state index contributed by atoms with van der Waals surface area (Å²) in [4.78, 5) is 30.2. The highest BCUT2D eigenvalue weighted by Gasteiger charge is 2.54. The molecular weight excluding hydrogens is 783 g/mol. The Kier molecular flexibility index (Phi) is 15.1. The number of likely N-dealkylation sites (tertiary alicyclic amines) is 4. The first-order valence-electron chi connectivity index (χ1n) is 17.6. The number of halogens is 9. The van der Waals surface area contributed by atoms with Crippen molar-refractivity contribution in [3.63, 3.8) is 0 Å². The lowest BCUT2D eigenvalue weighted by molar-refractivity contribution is -0.123. The van der Waals surface area contributed by atoms with E-state index in [1.165, 1.54) is 0 Å². The van der Waals surface area contributed by atoms with Crippen LogP contribution in [0, 0.1) is 16.2 Å². The Labute approximate surface area is 315 Å². The molecule has 6 aliphatic rings. The first kappa shape index (κ1) is 47.0. The maximum Gasteiger partial charge on any atom is 0.523 e. The first-order valence-corrected chi connectivity index (χ1v) is 19.0. The van der Waals surface area contributed by atoms with Crippen LogP contribution in [0.25, 0.3) is 0 Å². The lowest BCUT2D eigenvalue weighted by atomic mass is 9.73. The van der Waals surface area contributed by atoms with Gasteiger partial charge in [-0.25, -0.2) is 35.9 Å². The molecule has 0 unspecified atom stereocenters. The molecular formula is C32H53F9N6O7S. The van der Waals surface area contributed by atoms with Crippen LogP contribution in [0.1, 0.15) is 41.5 Å². The molecule has 6 saturated heterocycles. The molecule has 55 heavy (non-hydrogen) atoms. The van der Waals surface area contributed by atoms with Gasteiger partial charge in [0.05, 0.1) is 13.1 Å². The molecule has 0 aromatic rings. The summed E-state index contributed by atoms with van der Waals surface area (Å²) in [5, 5.41) is 6.40. The van der Waals surface area contributed by atoms with Gasteiger partial charge in [-0.1, -0.05) is 0 Å². The second-order valence-corrected chi connectivity index (χ2v) is 18.7. The van der Waals surface area contributed by atoms with Crippen molar-refractivity contribution in [2.24, 2.45) is 16.2 Å². The van der Waals surface area contributed by atoms with Gasteiger partial charge in [0.1, 0.15) is 17.8 Å². The van der Waals surface area contributed by atoms with Gasteiger partial charge in [-0.05, 0) is 41.5 Å². The molecule has 3 spiro atoms. The second-order valence-electron chi connectivity index (χ2n) is 17.1. The van der Waals surface area contributed by atoms with E-state index in [4.69, 9.17) is 9.47 Å². The standard InChI is InChI=1S/C12H20F2N2O2.C10H18N2O2.C7H12F2N2.C3H3F5O3S/c1-11(2,3)18-10(17)16-7-12(8-16)5-15(6-12)4-9(13)14;1-9(2,3)14-8(13)12-6-10(7-12)4-11-5-10;8-6(9)1-11-4-7(5-11)2-10-3-7;4-2(5)1-11-12(9,10)3(6,7)8/h9H,4-8H2,1-3H3;11H,4-7H2,1-3H3;6,10H,1-5H2;2H,1H2. The van der Waals surface area contributed by atoms with E-state index in [1.54, 1.807) is 14.7 Å². The summed E-state index contributed by atoms with van der Waals surface area (Å²) in [5.74, 6) is 0. The van der Waals surface area contributed by atoms with Gasteiger partial charge in [0.2, 0.25) is 0 Å². The van der Waals surface area contributed by atoms with E-state index < -0.39 is 47.1 Å². The van der Waals surface area contributed by atoms with Gasteiger partial charge in [-0.2, -0.15) is 21.6 Å². The number of alkyl halides is 9. The first-order chi connectivity index (χ1) is 25.0. The van der Waals surface area contributed by atoms with Gasteiger partial charge in [-0.15, -0.1) is 0 Å². The molecule has 6 heterocycles. The van der Waals surface area contributed by atoms with Gasteiger partial charge < -0.3 is 29.9 Å². The third-order valence-corrected chi connectivity index (χ3v) is 10.1. The Hall–Kier alpha value is -2.34. The minimum absolute atomic E-state index is 0.0399. The smallest absolute Gasteiger partial charge is 0.444 e. The summed E-state index contributed by atoms with van der Waals surface area (Å²) in [6, 6.07) is 0.